The van der Waals surface area contributed by atoms with Gasteiger partial charge in [-0.3, -0.25) is 9.59 Å². The Labute approximate surface area is 127 Å². The first-order valence-corrected chi connectivity index (χ1v) is 6.79. The van der Waals surface area contributed by atoms with E-state index in [9.17, 15) is 22.8 Å². The van der Waals surface area contributed by atoms with Gasteiger partial charge in [0.05, 0.1) is 28.8 Å². The van der Waals surface area contributed by atoms with E-state index in [1.54, 1.807) is 0 Å². The molecule has 1 aromatic carbocycles. The molecule has 1 aromatic rings. The molecule has 0 radical (unpaired) electrons. The van der Waals surface area contributed by atoms with Crippen LogP contribution in [0.5, 0.6) is 0 Å². The maximum Gasteiger partial charge on any atom is 0.417 e. The minimum atomic E-state index is -4.53. The highest BCUT2D eigenvalue weighted by atomic mass is 79.9. The molecule has 4 nitrogen and oxygen atoms in total. The van der Waals surface area contributed by atoms with Gasteiger partial charge >= 0.3 is 12.1 Å². The molecule has 1 unspecified atom stereocenters. The number of alkyl halides is 3. The Morgan fingerprint density at radius 3 is 2.67 bits per heavy atom. The Kier molecular flexibility index (Phi) is 4.27. The van der Waals surface area contributed by atoms with Crippen molar-refractivity contribution >= 4 is 33.5 Å². The predicted molar refractivity (Wildman–Crippen MR) is 71.6 cm³/mol. The molecule has 1 heterocycles. The second-order valence-electron chi connectivity index (χ2n) is 4.56. The van der Waals surface area contributed by atoms with Gasteiger partial charge in [-0.1, -0.05) is 6.07 Å². The Bertz CT molecular complexity index is 589. The van der Waals surface area contributed by atoms with Crippen molar-refractivity contribution in [3.8, 4) is 0 Å². The largest absolute Gasteiger partial charge is 0.469 e. The first kappa shape index (κ1) is 15.8. The predicted octanol–water partition coefficient (Wildman–Crippen LogP) is 2.99. The number of amides is 1. The summed E-state index contributed by atoms with van der Waals surface area (Å²) in [5.41, 5.74) is -0.768. The number of carbonyl (C=O) groups excluding carboxylic acids is 2. The Morgan fingerprint density at radius 2 is 2.10 bits per heavy atom. The molecule has 1 atom stereocenters. The monoisotopic (exact) mass is 365 g/mol. The lowest BCUT2D eigenvalue weighted by molar-refractivity contribution is -0.145. The van der Waals surface area contributed by atoms with Crippen LogP contribution in [0.1, 0.15) is 12.0 Å². The van der Waals surface area contributed by atoms with Crippen molar-refractivity contribution in [3.05, 3.63) is 28.2 Å². The van der Waals surface area contributed by atoms with Gasteiger partial charge < -0.3 is 9.64 Å². The summed E-state index contributed by atoms with van der Waals surface area (Å²) in [5.74, 6) is -1.62. The van der Waals surface area contributed by atoms with Crippen LogP contribution in [0.15, 0.2) is 22.7 Å². The molecule has 1 saturated heterocycles. The summed E-state index contributed by atoms with van der Waals surface area (Å²) in [6.45, 7) is 0.00537. The summed E-state index contributed by atoms with van der Waals surface area (Å²) >= 11 is 2.90. The van der Waals surface area contributed by atoms with Crippen LogP contribution in [-0.4, -0.2) is 25.5 Å². The highest BCUT2D eigenvalue weighted by molar-refractivity contribution is 9.10. The van der Waals surface area contributed by atoms with Gasteiger partial charge in [0.1, 0.15) is 0 Å². The molecule has 0 aromatic heterocycles. The zero-order valence-corrected chi connectivity index (χ0v) is 12.5. The molecule has 0 bridgehead atoms. The number of nitrogens with zero attached hydrogens (tertiary/aromatic N) is 1. The number of benzene rings is 1. The molecule has 0 aliphatic carbocycles. The molecule has 21 heavy (non-hydrogen) atoms. The number of carbonyl (C=O) groups is 2. The van der Waals surface area contributed by atoms with Crippen LogP contribution >= 0.6 is 15.9 Å². The third kappa shape index (κ3) is 3.04. The van der Waals surface area contributed by atoms with Crippen LogP contribution in [0.3, 0.4) is 0 Å². The van der Waals surface area contributed by atoms with E-state index >= 15 is 0 Å². The van der Waals surface area contributed by atoms with E-state index in [1.807, 2.05) is 0 Å². The fraction of sp³-hybridized carbons (Fsp3) is 0.385. The molecule has 1 amide bonds. The van der Waals surface area contributed by atoms with Crippen molar-refractivity contribution in [3.63, 3.8) is 0 Å². The lowest BCUT2D eigenvalue weighted by Gasteiger charge is -2.20. The Balaban J connectivity index is 2.35. The van der Waals surface area contributed by atoms with Crippen LogP contribution in [0.4, 0.5) is 18.9 Å². The number of hydrogen-bond donors (Lipinski definition) is 0. The van der Waals surface area contributed by atoms with Gasteiger partial charge in [-0.05, 0) is 28.1 Å². The van der Waals surface area contributed by atoms with E-state index in [1.165, 1.54) is 24.1 Å². The second-order valence-corrected chi connectivity index (χ2v) is 5.36. The van der Waals surface area contributed by atoms with E-state index in [4.69, 9.17) is 0 Å². The number of anilines is 1. The van der Waals surface area contributed by atoms with Crippen molar-refractivity contribution in [2.75, 3.05) is 18.6 Å². The van der Waals surface area contributed by atoms with E-state index in [-0.39, 0.29) is 23.1 Å². The second kappa shape index (κ2) is 5.67. The average molecular weight is 366 g/mol. The molecule has 1 aliphatic heterocycles. The van der Waals surface area contributed by atoms with Gasteiger partial charge in [0, 0.05) is 13.0 Å². The molecular weight excluding hydrogens is 355 g/mol. The number of esters is 1. The topological polar surface area (TPSA) is 46.6 Å². The van der Waals surface area contributed by atoms with Crippen LogP contribution in [0.25, 0.3) is 0 Å². The SMILES string of the molecule is COC(=O)C1CC(=O)N(c2cccc(C(F)(F)F)c2Br)C1. The smallest absolute Gasteiger partial charge is 0.417 e. The van der Waals surface area contributed by atoms with Gasteiger partial charge in [-0.15, -0.1) is 0 Å². The lowest BCUT2D eigenvalue weighted by atomic mass is 10.1. The van der Waals surface area contributed by atoms with E-state index in [0.717, 1.165) is 6.07 Å². The molecular formula is C13H11BrF3NO3. The quantitative estimate of drug-likeness (QED) is 0.757. The zero-order valence-electron chi connectivity index (χ0n) is 10.9. The first-order chi connectivity index (χ1) is 9.75. The average Bonchev–Trinajstić information content (AvgIpc) is 2.79. The van der Waals surface area contributed by atoms with Gasteiger partial charge in [-0.2, -0.15) is 13.2 Å². The van der Waals surface area contributed by atoms with Gasteiger partial charge in [-0.25, -0.2) is 0 Å². The van der Waals surface area contributed by atoms with E-state index in [0.29, 0.717) is 0 Å². The number of halogens is 4. The maximum absolute atomic E-state index is 12.9. The molecule has 1 fully saturated rings. The number of rotatable bonds is 2. The number of ether oxygens (including phenoxy) is 1. The first-order valence-electron chi connectivity index (χ1n) is 5.99. The summed E-state index contributed by atoms with van der Waals surface area (Å²) in [6.07, 6.45) is -4.60. The maximum atomic E-state index is 12.9. The summed E-state index contributed by atoms with van der Waals surface area (Å²) in [4.78, 5) is 24.6. The summed E-state index contributed by atoms with van der Waals surface area (Å²) in [7, 11) is 1.20. The van der Waals surface area contributed by atoms with Crippen molar-refractivity contribution in [1.29, 1.82) is 0 Å². The summed E-state index contributed by atoms with van der Waals surface area (Å²) < 4.78 is 42.9. The molecule has 1 aliphatic rings. The Morgan fingerprint density at radius 1 is 1.43 bits per heavy atom. The minimum absolute atomic E-state index is 0.00537. The van der Waals surface area contributed by atoms with Crippen LogP contribution in [-0.2, 0) is 20.5 Å². The van der Waals surface area contributed by atoms with Gasteiger partial charge in [0.15, 0.2) is 0 Å². The number of hydrogen-bond acceptors (Lipinski definition) is 3. The molecule has 0 saturated carbocycles. The number of methoxy groups -OCH3 is 1. The Hall–Kier alpha value is -1.57. The highest BCUT2D eigenvalue weighted by Gasteiger charge is 2.39. The van der Waals surface area contributed by atoms with Crippen molar-refractivity contribution in [1.82, 2.24) is 0 Å². The van der Waals surface area contributed by atoms with E-state index < -0.39 is 29.5 Å². The lowest BCUT2D eigenvalue weighted by Crippen LogP contribution is -2.27. The summed E-state index contributed by atoms with van der Waals surface area (Å²) in [6, 6.07) is 3.55. The zero-order chi connectivity index (χ0) is 15.8. The third-order valence-electron chi connectivity index (χ3n) is 3.23. The standard InChI is InChI=1S/C13H11BrF3NO3/c1-21-12(20)7-5-10(19)18(6-7)9-4-2-3-8(11(9)14)13(15,16)17/h2-4,7H,5-6H2,1H3. The van der Waals surface area contributed by atoms with Crippen molar-refractivity contribution in [2.24, 2.45) is 5.92 Å². The fourth-order valence-electron chi connectivity index (χ4n) is 2.21. The third-order valence-corrected chi connectivity index (χ3v) is 4.07. The van der Waals surface area contributed by atoms with Crippen LogP contribution in [0, 0.1) is 5.92 Å². The minimum Gasteiger partial charge on any atom is -0.469 e. The van der Waals surface area contributed by atoms with E-state index in [2.05, 4.69) is 20.7 Å². The molecule has 114 valence electrons. The fourth-order valence-corrected chi connectivity index (χ4v) is 2.92. The molecule has 8 heteroatoms. The molecule has 0 N–H and O–H groups in total. The van der Waals surface area contributed by atoms with Crippen LogP contribution < -0.4 is 4.90 Å². The van der Waals surface area contributed by atoms with Gasteiger partial charge in [0.25, 0.3) is 0 Å². The highest BCUT2D eigenvalue weighted by Crippen LogP contribution is 2.41. The van der Waals surface area contributed by atoms with Crippen molar-refractivity contribution < 1.29 is 27.5 Å². The van der Waals surface area contributed by atoms with Crippen LogP contribution in [0.2, 0.25) is 0 Å². The molecule has 2 rings (SSSR count). The van der Waals surface area contributed by atoms with Crippen molar-refractivity contribution in [2.45, 2.75) is 12.6 Å². The normalized spacial score (nSPS) is 19.0. The van der Waals surface area contributed by atoms with Gasteiger partial charge in [0.2, 0.25) is 5.91 Å². The molecule has 0 spiro atoms. The summed E-state index contributed by atoms with van der Waals surface area (Å²) in [5, 5.41) is 0.